The van der Waals surface area contributed by atoms with E-state index in [-0.39, 0.29) is 11.3 Å². The Morgan fingerprint density at radius 3 is 1.61 bits per heavy atom. The summed E-state index contributed by atoms with van der Waals surface area (Å²) in [6.07, 6.45) is -30.0. The number of carboxylic acids is 1. The molecule has 56 heavy (non-hydrogen) atoms. The van der Waals surface area contributed by atoms with Crippen LogP contribution in [0.5, 0.6) is 28.7 Å². The third kappa shape index (κ3) is 7.41. The highest BCUT2D eigenvalue weighted by Gasteiger charge is 2.50. The van der Waals surface area contributed by atoms with Crippen molar-refractivity contribution >= 4 is 16.9 Å². The Bertz CT molecular complexity index is 1930. The molecular formula is C33H38O23. The lowest BCUT2D eigenvalue weighted by Gasteiger charge is -2.40. The Balaban J connectivity index is 1.54. The molecule has 0 amide bonds. The molecule has 23 heteroatoms. The van der Waals surface area contributed by atoms with Crippen LogP contribution in [0.3, 0.4) is 0 Å². The summed E-state index contributed by atoms with van der Waals surface area (Å²) < 4.78 is 38.8. The first kappa shape index (κ1) is 41.2. The second-order valence-electron chi connectivity index (χ2n) is 13.0. The third-order valence-corrected chi connectivity index (χ3v) is 9.39. The van der Waals surface area contributed by atoms with E-state index in [9.17, 15) is 81.1 Å². The van der Waals surface area contributed by atoms with Gasteiger partial charge in [-0.2, -0.15) is 0 Å². The molecule has 308 valence electrons. The normalized spacial score (nSPS) is 36.2. The Morgan fingerprint density at radius 2 is 1.11 bits per heavy atom. The van der Waals surface area contributed by atoms with Crippen molar-refractivity contribution in [3.63, 3.8) is 0 Å². The number of rotatable bonds is 10. The van der Waals surface area contributed by atoms with Crippen molar-refractivity contribution < 1.29 is 109 Å². The van der Waals surface area contributed by atoms with Gasteiger partial charge in [0.2, 0.25) is 35.8 Å². The summed E-state index contributed by atoms with van der Waals surface area (Å²) in [5, 5.41) is 143. The molecule has 0 aliphatic carbocycles. The van der Waals surface area contributed by atoms with Gasteiger partial charge >= 0.3 is 5.97 Å². The largest absolute Gasteiger partial charge is 0.508 e. The Kier molecular flexibility index (Phi) is 11.9. The van der Waals surface area contributed by atoms with Crippen molar-refractivity contribution in [2.24, 2.45) is 0 Å². The number of phenols is 2. The van der Waals surface area contributed by atoms with Gasteiger partial charge in [-0.1, -0.05) is 0 Å². The molecular weight excluding hydrogens is 764 g/mol. The minimum absolute atomic E-state index is 0.0163. The number of hydrogen-bond acceptors (Lipinski definition) is 22. The van der Waals surface area contributed by atoms with E-state index >= 15 is 0 Å². The molecule has 6 rings (SSSR count). The smallest absolute Gasteiger partial charge is 0.335 e. The predicted molar refractivity (Wildman–Crippen MR) is 175 cm³/mol. The molecule has 0 unspecified atom stereocenters. The van der Waals surface area contributed by atoms with Gasteiger partial charge in [-0.05, 0) is 24.3 Å². The van der Waals surface area contributed by atoms with E-state index in [4.69, 9.17) is 32.8 Å². The van der Waals surface area contributed by atoms with Gasteiger partial charge in [0.1, 0.15) is 83.9 Å². The maximum absolute atomic E-state index is 14.4. The number of aromatic hydroxyl groups is 2. The quantitative estimate of drug-likeness (QED) is 0.0909. The van der Waals surface area contributed by atoms with Gasteiger partial charge in [0.15, 0.2) is 23.4 Å². The zero-order valence-corrected chi connectivity index (χ0v) is 28.4. The number of aliphatic hydroxyl groups excluding tert-OH is 11. The van der Waals surface area contributed by atoms with Crippen molar-refractivity contribution in [1.82, 2.24) is 0 Å². The molecule has 3 aliphatic rings. The fraction of sp³-hybridized carbons (Fsp3) is 0.515. The molecule has 23 nitrogen and oxygen atoms in total. The zero-order chi connectivity index (χ0) is 40.9. The van der Waals surface area contributed by atoms with Crippen LogP contribution in [-0.4, -0.2) is 183 Å². The third-order valence-electron chi connectivity index (χ3n) is 9.39. The number of benzene rings is 2. The van der Waals surface area contributed by atoms with Gasteiger partial charge < -0.3 is 104 Å². The van der Waals surface area contributed by atoms with E-state index in [1.807, 2.05) is 0 Å². The van der Waals surface area contributed by atoms with Crippen LogP contribution in [0.15, 0.2) is 39.5 Å². The van der Waals surface area contributed by atoms with E-state index in [2.05, 4.69) is 0 Å². The van der Waals surface area contributed by atoms with E-state index in [1.54, 1.807) is 0 Å². The maximum atomic E-state index is 14.4. The molecule has 0 saturated carbocycles. The molecule has 3 fully saturated rings. The highest BCUT2D eigenvalue weighted by molar-refractivity contribution is 5.91. The number of ether oxygens (including phenoxy) is 6. The molecule has 0 radical (unpaired) electrons. The zero-order valence-electron chi connectivity index (χ0n) is 28.4. The number of aliphatic hydroxyl groups is 11. The van der Waals surface area contributed by atoms with Crippen LogP contribution in [0, 0.1) is 0 Å². The second-order valence-corrected chi connectivity index (χ2v) is 13.0. The molecule has 0 spiro atoms. The summed E-state index contributed by atoms with van der Waals surface area (Å²) in [6, 6.07) is 5.61. The van der Waals surface area contributed by atoms with Crippen molar-refractivity contribution in [2.45, 2.75) is 92.1 Å². The van der Waals surface area contributed by atoms with Crippen molar-refractivity contribution in [2.75, 3.05) is 13.2 Å². The molecule has 3 saturated heterocycles. The lowest BCUT2D eigenvalue weighted by molar-refractivity contribution is -0.280. The van der Waals surface area contributed by atoms with Gasteiger partial charge in [-0.25, -0.2) is 4.79 Å². The second kappa shape index (κ2) is 16.2. The van der Waals surface area contributed by atoms with Crippen molar-refractivity contribution in [3.05, 3.63) is 40.6 Å². The topological polar surface area (TPSA) is 386 Å². The van der Waals surface area contributed by atoms with Crippen LogP contribution in [0.2, 0.25) is 0 Å². The Labute approximate surface area is 312 Å². The van der Waals surface area contributed by atoms with E-state index in [0.717, 1.165) is 6.07 Å². The first-order valence-electron chi connectivity index (χ1n) is 16.7. The Hall–Kier alpha value is -4.44. The highest BCUT2D eigenvalue weighted by Crippen LogP contribution is 2.47. The number of carboxylic acid groups (broad SMARTS) is 1. The fourth-order valence-corrected chi connectivity index (χ4v) is 6.22. The average Bonchev–Trinajstić information content (AvgIpc) is 3.17. The van der Waals surface area contributed by atoms with Crippen LogP contribution in [0.4, 0.5) is 0 Å². The minimum atomic E-state index is -2.20. The molecule has 4 heterocycles. The summed E-state index contributed by atoms with van der Waals surface area (Å²) in [7, 11) is 0. The molecule has 3 aromatic rings. The van der Waals surface area contributed by atoms with Crippen molar-refractivity contribution in [3.8, 4) is 40.1 Å². The van der Waals surface area contributed by atoms with Crippen LogP contribution in [0.25, 0.3) is 22.3 Å². The van der Waals surface area contributed by atoms with Gasteiger partial charge in [-0.15, -0.1) is 0 Å². The van der Waals surface area contributed by atoms with Crippen LogP contribution < -0.4 is 19.6 Å². The van der Waals surface area contributed by atoms with Gasteiger partial charge in [0.05, 0.1) is 13.2 Å². The lowest BCUT2D eigenvalue weighted by atomic mass is 9.99. The van der Waals surface area contributed by atoms with E-state index in [0.29, 0.717) is 0 Å². The lowest BCUT2D eigenvalue weighted by Crippen LogP contribution is -2.61. The number of hydrogen-bond donors (Lipinski definition) is 14. The minimum Gasteiger partial charge on any atom is -0.508 e. The van der Waals surface area contributed by atoms with E-state index < -0.39 is 156 Å². The summed E-state index contributed by atoms with van der Waals surface area (Å²) >= 11 is 0. The summed E-state index contributed by atoms with van der Waals surface area (Å²) in [5.74, 6) is -6.48. The summed E-state index contributed by atoms with van der Waals surface area (Å²) in [4.78, 5) is 26.1. The fourth-order valence-electron chi connectivity index (χ4n) is 6.22. The van der Waals surface area contributed by atoms with Gasteiger partial charge in [0.25, 0.3) is 0 Å². The standard InChI is InChI=1S/C33H38O23/c34-6-12-15(37)19(41)23(45)32(52-12)54-27-11(51-31-25(47)21(43)22(44)29(56-31)30(48)49)5-10-14(17(27)39)18(40)28(26(50-10)8-1-3-9(36)4-2-8)55-33-24(46)20(42)16(38)13(7-35)53-33/h1-5,12-13,15-16,19-25,29,31-39,41-47H,6-7H2,(H,48,49)/t12-,13-,15-,16-,19+,20+,21+,22+,23-,24-,25-,29+,31-,32+,33+/m1/s1. The summed E-state index contributed by atoms with van der Waals surface area (Å²) in [6.45, 7) is -1.81. The molecule has 0 bridgehead atoms. The van der Waals surface area contributed by atoms with E-state index in [1.165, 1.54) is 24.3 Å². The molecule has 2 aromatic carbocycles. The van der Waals surface area contributed by atoms with Crippen LogP contribution in [-0.2, 0) is 19.0 Å². The molecule has 15 atom stereocenters. The number of carbonyl (C=O) groups is 1. The number of phenolic OH excluding ortho intramolecular Hbond substituents is 2. The molecule has 1 aromatic heterocycles. The highest BCUT2D eigenvalue weighted by atomic mass is 16.7. The molecule has 3 aliphatic heterocycles. The Morgan fingerprint density at radius 1 is 0.625 bits per heavy atom. The van der Waals surface area contributed by atoms with Crippen molar-refractivity contribution in [1.29, 1.82) is 0 Å². The monoisotopic (exact) mass is 802 g/mol. The SMILES string of the molecule is O=C(O)[C@H]1O[C@@H](Oc2cc3oc(-c4ccc(O)cc4)c(O[C@@H]4O[C@H](CO)[C@@H](O)[C@H](O)[C@H]4O)c(=O)c3c(O)c2O[C@@H]2O[C@H](CO)[C@@H](O)[C@H](O)[C@H]2O)[C@H](O)[C@@H](O)[C@@H]1O. The number of aliphatic carboxylic acids is 1. The maximum Gasteiger partial charge on any atom is 0.335 e. The first-order chi connectivity index (χ1) is 26.5. The summed E-state index contributed by atoms with van der Waals surface area (Å²) in [5.41, 5.74) is -1.93. The number of fused-ring (bicyclic) bond motifs is 1. The predicted octanol–water partition coefficient (Wildman–Crippen LogP) is -5.50. The first-order valence-corrected chi connectivity index (χ1v) is 16.7. The van der Waals surface area contributed by atoms with Gasteiger partial charge in [-0.3, -0.25) is 4.79 Å². The average molecular weight is 803 g/mol. The van der Waals surface area contributed by atoms with Gasteiger partial charge in [0, 0.05) is 11.6 Å². The molecule has 14 N–H and O–H groups in total. The van der Waals surface area contributed by atoms with Crippen LogP contribution in [0.1, 0.15) is 0 Å². The van der Waals surface area contributed by atoms with Crippen LogP contribution >= 0.6 is 0 Å².